The maximum Gasteiger partial charge on any atom is 0.354 e. The molecule has 0 bridgehead atoms. The van der Waals surface area contributed by atoms with Gasteiger partial charge in [0.05, 0.1) is 19.3 Å². The molecule has 3 N–H and O–H groups in total. The average molecular weight is 327 g/mol. The van der Waals surface area contributed by atoms with Crippen molar-refractivity contribution < 1.29 is 18.8 Å². The topological polar surface area (TPSA) is 103 Å². The number of H-pyrrole nitrogens is 1. The van der Waals surface area contributed by atoms with Gasteiger partial charge < -0.3 is 24.7 Å². The summed E-state index contributed by atoms with van der Waals surface area (Å²) in [6.45, 7) is 2.05. The van der Waals surface area contributed by atoms with E-state index in [2.05, 4.69) is 10.1 Å². The molecule has 0 saturated heterocycles. The van der Waals surface area contributed by atoms with E-state index in [9.17, 15) is 4.79 Å². The summed E-state index contributed by atoms with van der Waals surface area (Å²) < 4.78 is 15.6. The molecular formula is C17H17N3O4. The molecule has 0 aliphatic rings. The van der Waals surface area contributed by atoms with E-state index >= 15 is 0 Å². The van der Waals surface area contributed by atoms with Crippen molar-refractivity contribution in [3.8, 4) is 28.2 Å². The Bertz CT molecular complexity index is 866. The minimum absolute atomic E-state index is 0.261. The lowest BCUT2D eigenvalue weighted by Crippen LogP contribution is -2.04. The van der Waals surface area contributed by atoms with Crippen molar-refractivity contribution in [2.75, 3.05) is 19.5 Å². The zero-order valence-corrected chi connectivity index (χ0v) is 13.3. The molecule has 2 heterocycles. The van der Waals surface area contributed by atoms with Crippen molar-refractivity contribution in [2.24, 2.45) is 0 Å². The highest BCUT2D eigenvalue weighted by Gasteiger charge is 2.20. The fourth-order valence-electron chi connectivity index (χ4n) is 2.41. The number of methoxy groups -OCH3 is 1. The number of hydrogen-bond donors (Lipinski definition) is 2. The van der Waals surface area contributed by atoms with Gasteiger partial charge in [-0.3, -0.25) is 0 Å². The van der Waals surface area contributed by atoms with Gasteiger partial charge >= 0.3 is 5.97 Å². The molecule has 3 rings (SSSR count). The van der Waals surface area contributed by atoms with Crippen molar-refractivity contribution in [1.29, 1.82) is 0 Å². The van der Waals surface area contributed by atoms with E-state index < -0.39 is 5.97 Å². The monoisotopic (exact) mass is 327 g/mol. The number of nitrogens with one attached hydrogen (secondary N) is 1. The largest absolute Gasteiger partial charge is 0.497 e. The van der Waals surface area contributed by atoms with Gasteiger partial charge in [0.2, 0.25) is 0 Å². The fraction of sp³-hybridized carbons (Fsp3) is 0.176. The van der Waals surface area contributed by atoms with E-state index in [0.717, 1.165) is 5.56 Å². The second kappa shape index (κ2) is 6.49. The third kappa shape index (κ3) is 2.83. The molecule has 24 heavy (non-hydrogen) atoms. The highest BCUT2D eigenvalue weighted by molar-refractivity contribution is 5.92. The molecule has 7 heteroatoms. The highest BCUT2D eigenvalue weighted by atomic mass is 16.5. The Morgan fingerprint density at radius 2 is 2.17 bits per heavy atom. The SMILES string of the molecule is CCOC(=O)c1cc(-c2onc(N)c2-c2cccc(OC)c2)c[nH]1. The zero-order chi connectivity index (χ0) is 17.1. The summed E-state index contributed by atoms with van der Waals surface area (Å²) in [5.74, 6) is 0.990. The van der Waals surface area contributed by atoms with E-state index in [4.69, 9.17) is 19.7 Å². The van der Waals surface area contributed by atoms with E-state index in [1.54, 1.807) is 26.3 Å². The van der Waals surface area contributed by atoms with Gasteiger partial charge in [0.1, 0.15) is 11.4 Å². The molecule has 0 aliphatic carbocycles. The molecule has 1 aromatic carbocycles. The van der Waals surface area contributed by atoms with Crippen LogP contribution in [-0.2, 0) is 4.74 Å². The molecule has 124 valence electrons. The van der Waals surface area contributed by atoms with Crippen LogP contribution in [0.5, 0.6) is 5.75 Å². The number of anilines is 1. The number of ether oxygens (including phenoxy) is 2. The first-order valence-corrected chi connectivity index (χ1v) is 7.39. The number of nitrogen functional groups attached to an aromatic ring is 1. The van der Waals surface area contributed by atoms with Crippen LogP contribution in [0.1, 0.15) is 17.4 Å². The smallest absolute Gasteiger partial charge is 0.354 e. The van der Waals surface area contributed by atoms with Gasteiger partial charge in [0.15, 0.2) is 11.6 Å². The minimum Gasteiger partial charge on any atom is -0.497 e. The van der Waals surface area contributed by atoms with Crippen molar-refractivity contribution in [3.05, 3.63) is 42.2 Å². The normalized spacial score (nSPS) is 10.6. The van der Waals surface area contributed by atoms with Crippen LogP contribution in [0.15, 0.2) is 41.1 Å². The molecule has 0 radical (unpaired) electrons. The van der Waals surface area contributed by atoms with Crippen molar-refractivity contribution in [1.82, 2.24) is 10.1 Å². The van der Waals surface area contributed by atoms with E-state index in [0.29, 0.717) is 34.9 Å². The lowest BCUT2D eigenvalue weighted by molar-refractivity contribution is 0.0520. The summed E-state index contributed by atoms with van der Waals surface area (Å²) in [5, 5.41) is 3.85. The molecule has 0 spiro atoms. The van der Waals surface area contributed by atoms with Gasteiger partial charge in [-0.05, 0) is 30.7 Å². The van der Waals surface area contributed by atoms with Gasteiger partial charge in [-0.1, -0.05) is 17.3 Å². The number of benzene rings is 1. The fourth-order valence-corrected chi connectivity index (χ4v) is 2.41. The van der Waals surface area contributed by atoms with Crippen LogP contribution in [-0.4, -0.2) is 29.8 Å². The number of nitrogens with zero attached hydrogens (tertiary/aromatic N) is 1. The quantitative estimate of drug-likeness (QED) is 0.698. The van der Waals surface area contributed by atoms with Crippen molar-refractivity contribution in [3.63, 3.8) is 0 Å². The maximum atomic E-state index is 11.8. The van der Waals surface area contributed by atoms with Crippen molar-refractivity contribution in [2.45, 2.75) is 6.92 Å². The van der Waals surface area contributed by atoms with Gasteiger partial charge in [-0.15, -0.1) is 0 Å². The van der Waals surface area contributed by atoms with Crippen LogP contribution in [0.2, 0.25) is 0 Å². The summed E-state index contributed by atoms with van der Waals surface area (Å²) in [4.78, 5) is 14.7. The Morgan fingerprint density at radius 1 is 1.33 bits per heavy atom. The van der Waals surface area contributed by atoms with Crippen LogP contribution in [0.4, 0.5) is 5.82 Å². The summed E-state index contributed by atoms with van der Waals surface area (Å²) in [6, 6.07) is 9.05. The van der Waals surface area contributed by atoms with Gasteiger partial charge in [0.25, 0.3) is 0 Å². The van der Waals surface area contributed by atoms with Crippen molar-refractivity contribution >= 4 is 11.8 Å². The van der Waals surface area contributed by atoms with E-state index in [1.165, 1.54) is 0 Å². The van der Waals surface area contributed by atoms with Gasteiger partial charge in [0, 0.05) is 11.8 Å². The number of carbonyl (C=O) groups excluding carboxylic acids is 1. The summed E-state index contributed by atoms with van der Waals surface area (Å²) >= 11 is 0. The van der Waals surface area contributed by atoms with E-state index in [1.807, 2.05) is 24.3 Å². The predicted octanol–water partition coefficient (Wildman–Crippen LogP) is 3.10. The standard InChI is InChI=1S/C17H17N3O4/c1-3-23-17(21)13-8-11(9-19-13)15-14(16(18)20-24-15)10-5-4-6-12(7-10)22-2/h4-9,19H,3H2,1-2H3,(H2,18,20). The average Bonchev–Trinajstić information content (AvgIpc) is 3.21. The number of aromatic amines is 1. The summed E-state index contributed by atoms with van der Waals surface area (Å²) in [6.07, 6.45) is 1.65. The first kappa shape index (κ1) is 15.7. The Kier molecular flexibility index (Phi) is 4.24. The number of esters is 1. The highest BCUT2D eigenvalue weighted by Crippen LogP contribution is 2.37. The molecule has 0 unspecified atom stereocenters. The van der Waals surface area contributed by atoms with Crippen LogP contribution in [0.25, 0.3) is 22.5 Å². The molecule has 2 aromatic heterocycles. The Balaban J connectivity index is 2.03. The molecule has 3 aromatic rings. The number of aromatic nitrogens is 2. The number of hydrogen-bond acceptors (Lipinski definition) is 6. The number of carbonyl (C=O) groups is 1. The van der Waals surface area contributed by atoms with Crippen LogP contribution in [0, 0.1) is 0 Å². The third-order valence-corrected chi connectivity index (χ3v) is 3.52. The molecular weight excluding hydrogens is 310 g/mol. The second-order valence-electron chi connectivity index (χ2n) is 5.03. The number of nitrogens with two attached hydrogens (primary N) is 1. The maximum absolute atomic E-state index is 11.8. The summed E-state index contributed by atoms with van der Waals surface area (Å²) in [7, 11) is 1.59. The van der Waals surface area contributed by atoms with E-state index in [-0.39, 0.29) is 5.82 Å². The Morgan fingerprint density at radius 3 is 2.92 bits per heavy atom. The molecule has 0 atom stereocenters. The Hall–Kier alpha value is -3.22. The molecule has 0 saturated carbocycles. The molecule has 0 aliphatic heterocycles. The second-order valence-corrected chi connectivity index (χ2v) is 5.03. The Labute approximate surface area is 138 Å². The number of rotatable bonds is 5. The molecule has 0 amide bonds. The summed E-state index contributed by atoms with van der Waals surface area (Å²) in [5.41, 5.74) is 8.40. The van der Waals surface area contributed by atoms with Crippen LogP contribution in [0.3, 0.4) is 0 Å². The lowest BCUT2D eigenvalue weighted by Gasteiger charge is -2.04. The van der Waals surface area contributed by atoms with Gasteiger partial charge in [-0.2, -0.15) is 0 Å². The third-order valence-electron chi connectivity index (χ3n) is 3.52. The first-order chi connectivity index (χ1) is 11.6. The van der Waals surface area contributed by atoms with Crippen LogP contribution >= 0.6 is 0 Å². The van der Waals surface area contributed by atoms with Gasteiger partial charge in [-0.25, -0.2) is 4.79 Å². The zero-order valence-electron chi connectivity index (χ0n) is 13.3. The van der Waals surface area contributed by atoms with Crippen LogP contribution < -0.4 is 10.5 Å². The predicted molar refractivity (Wildman–Crippen MR) is 88.6 cm³/mol. The first-order valence-electron chi connectivity index (χ1n) is 7.39. The minimum atomic E-state index is -0.431. The lowest BCUT2D eigenvalue weighted by atomic mass is 10.0. The molecule has 0 fully saturated rings. The molecule has 7 nitrogen and oxygen atoms in total.